The van der Waals surface area contributed by atoms with Gasteiger partial charge in [0.2, 0.25) is 0 Å². The molecule has 170 valence electrons. The maximum Gasteiger partial charge on any atom is 0.191 e. The fraction of sp³-hybridized carbons (Fsp3) is 0.696. The second kappa shape index (κ2) is 13.9. The number of aliphatic imine (C=N–C) groups is 1. The van der Waals surface area contributed by atoms with E-state index in [-0.39, 0.29) is 6.04 Å². The molecular weight excluding hydrogens is 396 g/mol. The summed E-state index contributed by atoms with van der Waals surface area (Å²) in [4.78, 5) is 12.4. The molecule has 30 heavy (non-hydrogen) atoms. The molecule has 0 aliphatic carbocycles. The molecule has 1 atom stereocenters. The summed E-state index contributed by atoms with van der Waals surface area (Å²) < 4.78 is 0. The maximum absolute atomic E-state index is 6.53. The van der Waals surface area contributed by atoms with Crippen LogP contribution in [0.1, 0.15) is 39.3 Å². The van der Waals surface area contributed by atoms with Gasteiger partial charge in [-0.05, 0) is 38.2 Å². The predicted molar refractivity (Wildman–Crippen MR) is 130 cm³/mol. The van der Waals surface area contributed by atoms with Crippen molar-refractivity contribution in [3.8, 4) is 0 Å². The van der Waals surface area contributed by atoms with Crippen LogP contribution < -0.4 is 10.6 Å². The van der Waals surface area contributed by atoms with E-state index in [1.807, 2.05) is 12.1 Å². The summed E-state index contributed by atoms with van der Waals surface area (Å²) in [5.41, 5.74) is 1.15. The molecule has 6 nitrogen and oxygen atoms in total. The number of guanidine groups is 1. The van der Waals surface area contributed by atoms with Gasteiger partial charge in [-0.25, -0.2) is 0 Å². The molecule has 1 heterocycles. The highest BCUT2D eigenvalue weighted by Gasteiger charge is 2.20. The van der Waals surface area contributed by atoms with E-state index in [9.17, 15) is 0 Å². The van der Waals surface area contributed by atoms with E-state index >= 15 is 0 Å². The third-order valence-corrected chi connectivity index (χ3v) is 6.26. The minimum Gasteiger partial charge on any atom is -0.357 e. The zero-order valence-electron chi connectivity index (χ0n) is 19.3. The standard InChI is InChI=1S/C23H41ClN6/c1-5-25-23(26-13-14-29-17-15-28(6-2)16-18-29)27-19-22(30(7-3)8-4)20-11-9-10-12-21(20)24/h9-12,22H,5-8,13-19H2,1-4H3,(H2,25,26,27). The summed E-state index contributed by atoms with van der Waals surface area (Å²) in [6.07, 6.45) is 0. The van der Waals surface area contributed by atoms with Gasteiger partial charge < -0.3 is 15.5 Å². The third kappa shape index (κ3) is 7.73. The molecule has 0 saturated carbocycles. The van der Waals surface area contributed by atoms with Crippen LogP contribution in [0.15, 0.2) is 29.3 Å². The second-order valence-corrected chi connectivity index (χ2v) is 8.09. The highest BCUT2D eigenvalue weighted by Crippen LogP contribution is 2.27. The van der Waals surface area contributed by atoms with Crippen molar-refractivity contribution in [2.24, 2.45) is 4.99 Å². The monoisotopic (exact) mass is 436 g/mol. The van der Waals surface area contributed by atoms with Crippen LogP contribution in [0.5, 0.6) is 0 Å². The molecule has 1 aliphatic heterocycles. The summed E-state index contributed by atoms with van der Waals surface area (Å²) in [5.74, 6) is 0.883. The number of rotatable bonds is 11. The molecule has 0 amide bonds. The van der Waals surface area contributed by atoms with Crippen molar-refractivity contribution in [1.82, 2.24) is 25.3 Å². The van der Waals surface area contributed by atoms with Gasteiger partial charge in [0, 0.05) is 50.8 Å². The van der Waals surface area contributed by atoms with E-state index in [2.05, 4.69) is 65.2 Å². The molecule has 2 rings (SSSR count). The zero-order valence-corrected chi connectivity index (χ0v) is 20.1. The van der Waals surface area contributed by atoms with Crippen molar-refractivity contribution in [1.29, 1.82) is 0 Å². The summed E-state index contributed by atoms with van der Waals surface area (Å²) >= 11 is 6.53. The van der Waals surface area contributed by atoms with Gasteiger partial charge in [-0.15, -0.1) is 0 Å². The lowest BCUT2D eigenvalue weighted by molar-refractivity contribution is 0.139. The normalized spacial score (nSPS) is 17.3. The molecule has 1 aromatic rings. The van der Waals surface area contributed by atoms with Crippen LogP contribution in [0.3, 0.4) is 0 Å². The second-order valence-electron chi connectivity index (χ2n) is 7.68. The van der Waals surface area contributed by atoms with Crippen molar-refractivity contribution in [2.45, 2.75) is 33.7 Å². The minimum atomic E-state index is 0.172. The zero-order chi connectivity index (χ0) is 21.8. The van der Waals surface area contributed by atoms with E-state index in [4.69, 9.17) is 16.6 Å². The van der Waals surface area contributed by atoms with Crippen molar-refractivity contribution in [2.75, 3.05) is 72.0 Å². The molecule has 1 fully saturated rings. The van der Waals surface area contributed by atoms with Crippen LogP contribution in [0.2, 0.25) is 5.02 Å². The SMILES string of the molecule is CCNC(=NCC(c1ccccc1Cl)N(CC)CC)NCCN1CCN(CC)CC1. The Morgan fingerprint density at radius 3 is 2.30 bits per heavy atom. The molecule has 7 heteroatoms. The fourth-order valence-electron chi connectivity index (χ4n) is 4.00. The molecule has 2 N–H and O–H groups in total. The molecule has 1 saturated heterocycles. The van der Waals surface area contributed by atoms with Crippen molar-refractivity contribution >= 4 is 17.6 Å². The highest BCUT2D eigenvalue weighted by molar-refractivity contribution is 6.31. The summed E-state index contributed by atoms with van der Waals surface area (Å²) in [6.45, 7) is 20.0. The number of piperazine rings is 1. The Morgan fingerprint density at radius 1 is 1.03 bits per heavy atom. The topological polar surface area (TPSA) is 46.1 Å². The molecule has 0 aromatic heterocycles. The number of hydrogen-bond donors (Lipinski definition) is 2. The van der Waals surface area contributed by atoms with Crippen LogP contribution >= 0.6 is 11.6 Å². The van der Waals surface area contributed by atoms with Crippen LogP contribution in [0.4, 0.5) is 0 Å². The number of halogens is 1. The van der Waals surface area contributed by atoms with Gasteiger partial charge in [0.25, 0.3) is 0 Å². The van der Waals surface area contributed by atoms with Gasteiger partial charge >= 0.3 is 0 Å². The van der Waals surface area contributed by atoms with Gasteiger partial charge in [-0.2, -0.15) is 0 Å². The maximum atomic E-state index is 6.53. The Morgan fingerprint density at radius 2 is 1.70 bits per heavy atom. The first-order chi connectivity index (χ1) is 14.6. The van der Waals surface area contributed by atoms with Crippen LogP contribution in [-0.4, -0.2) is 92.7 Å². The number of likely N-dealkylation sites (N-methyl/N-ethyl adjacent to an activating group) is 2. The van der Waals surface area contributed by atoms with Crippen LogP contribution in [0.25, 0.3) is 0 Å². The molecule has 0 spiro atoms. The Labute approximate surface area is 188 Å². The van der Waals surface area contributed by atoms with E-state index in [1.165, 1.54) is 13.1 Å². The van der Waals surface area contributed by atoms with Gasteiger partial charge in [-0.1, -0.05) is 50.6 Å². The lowest BCUT2D eigenvalue weighted by Crippen LogP contribution is -2.49. The average molecular weight is 437 g/mol. The molecular formula is C23H41ClN6. The molecule has 0 bridgehead atoms. The largest absolute Gasteiger partial charge is 0.357 e. The Balaban J connectivity index is 1.97. The smallest absolute Gasteiger partial charge is 0.191 e. The fourth-order valence-corrected chi connectivity index (χ4v) is 4.26. The number of benzene rings is 1. The van der Waals surface area contributed by atoms with Crippen molar-refractivity contribution in [3.05, 3.63) is 34.9 Å². The predicted octanol–water partition coefficient (Wildman–Crippen LogP) is 2.92. The molecule has 0 radical (unpaired) electrons. The minimum absolute atomic E-state index is 0.172. The molecule has 1 aromatic carbocycles. The van der Waals surface area contributed by atoms with Crippen LogP contribution in [-0.2, 0) is 0 Å². The third-order valence-electron chi connectivity index (χ3n) is 5.92. The van der Waals surface area contributed by atoms with Crippen LogP contribution in [0, 0.1) is 0 Å². The lowest BCUT2D eigenvalue weighted by atomic mass is 10.1. The van der Waals surface area contributed by atoms with E-state index in [1.54, 1.807) is 0 Å². The van der Waals surface area contributed by atoms with Gasteiger partial charge in [0.1, 0.15) is 0 Å². The Hall–Kier alpha value is -1.34. The van der Waals surface area contributed by atoms with Gasteiger partial charge in [0.05, 0.1) is 12.6 Å². The first kappa shape index (κ1) is 24.9. The molecule has 1 aliphatic rings. The quantitative estimate of drug-likeness (QED) is 0.412. The molecule has 1 unspecified atom stereocenters. The number of hydrogen-bond acceptors (Lipinski definition) is 4. The van der Waals surface area contributed by atoms with E-state index < -0.39 is 0 Å². The van der Waals surface area contributed by atoms with E-state index in [0.717, 1.165) is 68.9 Å². The highest BCUT2D eigenvalue weighted by atomic mass is 35.5. The first-order valence-corrected chi connectivity index (χ1v) is 12.0. The van der Waals surface area contributed by atoms with Crippen molar-refractivity contribution < 1.29 is 0 Å². The Bertz CT molecular complexity index is 626. The summed E-state index contributed by atoms with van der Waals surface area (Å²) in [5, 5.41) is 7.73. The van der Waals surface area contributed by atoms with Crippen molar-refractivity contribution in [3.63, 3.8) is 0 Å². The summed E-state index contributed by atoms with van der Waals surface area (Å²) in [6, 6.07) is 8.31. The number of nitrogens with one attached hydrogen (secondary N) is 2. The van der Waals surface area contributed by atoms with Gasteiger partial charge in [0.15, 0.2) is 5.96 Å². The average Bonchev–Trinajstić information content (AvgIpc) is 2.77. The summed E-state index contributed by atoms with van der Waals surface area (Å²) in [7, 11) is 0. The van der Waals surface area contributed by atoms with Gasteiger partial charge in [-0.3, -0.25) is 14.8 Å². The lowest BCUT2D eigenvalue weighted by Gasteiger charge is -2.34. The number of nitrogens with zero attached hydrogens (tertiary/aromatic N) is 4. The van der Waals surface area contributed by atoms with E-state index in [0.29, 0.717) is 6.54 Å². The Kier molecular flexibility index (Phi) is 11.5. The first-order valence-electron chi connectivity index (χ1n) is 11.6.